The largest absolute Gasteiger partial charge is 0.364 e. The summed E-state index contributed by atoms with van der Waals surface area (Å²) >= 11 is 1.43. The highest BCUT2D eigenvalue weighted by molar-refractivity contribution is 7.98. The fourth-order valence-corrected chi connectivity index (χ4v) is 3.43. The monoisotopic (exact) mass is 441 g/mol. The third kappa shape index (κ3) is 5.26. The first-order valence-corrected chi connectivity index (χ1v) is 11.5. The van der Waals surface area contributed by atoms with Crippen molar-refractivity contribution in [2.24, 2.45) is 0 Å². The van der Waals surface area contributed by atoms with Crippen molar-refractivity contribution < 1.29 is 9.84 Å². The number of benzene rings is 1. The van der Waals surface area contributed by atoms with Crippen molar-refractivity contribution in [2.45, 2.75) is 58.4 Å². The Morgan fingerprint density at radius 3 is 2.61 bits per heavy atom. The zero-order valence-corrected chi connectivity index (χ0v) is 20.0. The van der Waals surface area contributed by atoms with Gasteiger partial charge in [-0.15, -0.1) is 0 Å². The second-order valence-electron chi connectivity index (χ2n) is 8.46. The molecule has 1 unspecified atom stereocenters. The van der Waals surface area contributed by atoms with Gasteiger partial charge < -0.3 is 15.2 Å². The highest BCUT2D eigenvalue weighted by atomic mass is 32.2. The molecule has 0 spiro atoms. The van der Waals surface area contributed by atoms with Crippen LogP contribution in [0.3, 0.4) is 0 Å². The van der Waals surface area contributed by atoms with Gasteiger partial charge in [-0.25, -0.2) is 14.6 Å². The number of rotatable bonds is 7. The number of nitrogens with one attached hydrogen (secondary N) is 1. The molecule has 2 heterocycles. The van der Waals surface area contributed by atoms with Crippen LogP contribution in [0.25, 0.3) is 5.69 Å². The average Bonchev–Trinajstić information content (AvgIpc) is 3.14. The number of aryl methyl sites for hydroxylation is 2. The van der Waals surface area contributed by atoms with Crippen LogP contribution in [0.2, 0.25) is 0 Å². The summed E-state index contributed by atoms with van der Waals surface area (Å²) < 4.78 is 7.30. The van der Waals surface area contributed by atoms with Gasteiger partial charge in [0.2, 0.25) is 0 Å². The molecule has 2 N–H and O–H groups in total. The molecule has 1 atom stereocenters. The quantitative estimate of drug-likeness (QED) is 0.301. The summed E-state index contributed by atoms with van der Waals surface area (Å²) in [4.78, 5) is 8.90. The molecule has 0 bridgehead atoms. The summed E-state index contributed by atoms with van der Waals surface area (Å²) in [5, 5.41) is 19.4. The van der Waals surface area contributed by atoms with Crippen molar-refractivity contribution in [3.05, 3.63) is 52.8 Å². The van der Waals surface area contributed by atoms with Gasteiger partial charge in [-0.1, -0.05) is 44.7 Å². The topological polar surface area (TPSA) is 85.1 Å². The molecule has 0 radical (unpaired) electrons. The number of aliphatic hydroxyl groups is 1. The van der Waals surface area contributed by atoms with Gasteiger partial charge in [0.25, 0.3) is 0 Å². The van der Waals surface area contributed by atoms with Crippen molar-refractivity contribution in [1.29, 1.82) is 0 Å². The maximum atomic E-state index is 10.5. The van der Waals surface area contributed by atoms with Crippen molar-refractivity contribution in [3.8, 4) is 5.69 Å². The number of hydrogen-bond donors (Lipinski definition) is 2. The first kappa shape index (κ1) is 23.2. The van der Waals surface area contributed by atoms with Crippen LogP contribution < -0.4 is 5.32 Å². The number of nitrogens with zero attached hydrogens (tertiary/aromatic N) is 4. The Kier molecular flexibility index (Phi) is 7.03. The minimum atomic E-state index is -1.12. The van der Waals surface area contributed by atoms with Crippen LogP contribution >= 0.6 is 11.8 Å². The molecule has 3 rings (SSSR count). The van der Waals surface area contributed by atoms with E-state index in [2.05, 4.69) is 68.1 Å². The maximum Gasteiger partial charge on any atom is 0.189 e. The molecule has 0 amide bonds. The second-order valence-corrected chi connectivity index (χ2v) is 9.23. The van der Waals surface area contributed by atoms with Crippen LogP contribution in [-0.2, 0) is 10.2 Å². The summed E-state index contributed by atoms with van der Waals surface area (Å²) in [5.74, 6) is 1.25. The summed E-state index contributed by atoms with van der Waals surface area (Å²) in [6.45, 7) is 12.7. The molecule has 166 valence electrons. The predicted molar refractivity (Wildman–Crippen MR) is 125 cm³/mol. The van der Waals surface area contributed by atoms with Gasteiger partial charge in [0, 0.05) is 24.3 Å². The number of hydrogen-bond acceptors (Lipinski definition) is 7. The molecule has 0 aliphatic heterocycles. The van der Waals surface area contributed by atoms with Crippen molar-refractivity contribution >= 4 is 23.4 Å². The van der Waals surface area contributed by atoms with E-state index in [0.717, 1.165) is 28.3 Å². The lowest BCUT2D eigenvalue weighted by atomic mass is 9.92. The molecule has 0 fully saturated rings. The summed E-state index contributed by atoms with van der Waals surface area (Å²) in [5.41, 5.74) is 4.54. The molecule has 0 aliphatic carbocycles. The van der Waals surface area contributed by atoms with Gasteiger partial charge in [0.05, 0.1) is 16.9 Å². The van der Waals surface area contributed by atoms with Crippen LogP contribution in [0.1, 0.15) is 56.4 Å². The van der Waals surface area contributed by atoms with E-state index in [9.17, 15) is 5.11 Å². The lowest BCUT2D eigenvalue weighted by Gasteiger charge is -2.17. The molecule has 7 nitrogen and oxygen atoms in total. The molecule has 31 heavy (non-hydrogen) atoms. The van der Waals surface area contributed by atoms with Gasteiger partial charge in [-0.05, 0) is 44.2 Å². The molecule has 1 aromatic carbocycles. The fourth-order valence-electron chi connectivity index (χ4n) is 3.09. The lowest BCUT2D eigenvalue weighted by Crippen LogP contribution is -2.13. The number of ether oxygens (including phenoxy) is 1. The zero-order chi connectivity index (χ0) is 22.8. The smallest absolute Gasteiger partial charge is 0.189 e. The molecule has 0 aliphatic rings. The summed E-state index contributed by atoms with van der Waals surface area (Å²) in [6, 6.07) is 8.32. The predicted octanol–water partition coefficient (Wildman–Crippen LogP) is 5.07. The number of anilines is 2. The molecule has 0 saturated heterocycles. The van der Waals surface area contributed by atoms with Crippen molar-refractivity contribution in [1.82, 2.24) is 19.7 Å². The van der Waals surface area contributed by atoms with E-state index in [-0.39, 0.29) is 5.41 Å². The van der Waals surface area contributed by atoms with Gasteiger partial charge in [0.15, 0.2) is 11.4 Å². The maximum absolute atomic E-state index is 10.5. The first-order chi connectivity index (χ1) is 14.6. The fraction of sp³-hybridized carbons (Fsp3) is 0.435. The van der Waals surface area contributed by atoms with E-state index in [4.69, 9.17) is 9.84 Å². The number of aliphatic hydroxyl groups excluding tert-OH is 1. The third-order valence-corrected chi connectivity index (χ3v) is 5.45. The standard InChI is InChI=1S/C23H31N5O2S/c1-8-30-21(29)16-13-24-22(31-7)26-20(16)25-19-12-18(23(4,5)6)27-28(19)17-11-14(2)9-10-15(17)3/h9-13,21,29H,8H2,1-7H3,(H,24,25,26). The molecular weight excluding hydrogens is 410 g/mol. The lowest BCUT2D eigenvalue weighted by molar-refractivity contribution is -0.0978. The van der Waals surface area contributed by atoms with Gasteiger partial charge in [-0.2, -0.15) is 5.10 Å². The minimum absolute atomic E-state index is 0.136. The van der Waals surface area contributed by atoms with E-state index < -0.39 is 6.29 Å². The van der Waals surface area contributed by atoms with Crippen LogP contribution in [0, 0.1) is 13.8 Å². The third-order valence-electron chi connectivity index (χ3n) is 4.89. The molecule has 8 heteroatoms. The Hall–Kier alpha value is -2.42. The zero-order valence-electron chi connectivity index (χ0n) is 19.2. The van der Waals surface area contributed by atoms with E-state index >= 15 is 0 Å². The average molecular weight is 442 g/mol. The van der Waals surface area contributed by atoms with E-state index in [1.807, 2.05) is 23.9 Å². The van der Waals surface area contributed by atoms with Crippen LogP contribution in [-0.4, -0.2) is 37.7 Å². The van der Waals surface area contributed by atoms with Crippen LogP contribution in [0.4, 0.5) is 11.6 Å². The molecule has 3 aromatic rings. The van der Waals surface area contributed by atoms with E-state index in [0.29, 0.717) is 23.1 Å². The number of thioether (sulfide) groups is 1. The SMILES string of the molecule is CCOC(O)c1cnc(SC)nc1Nc1cc(C(C)(C)C)nn1-c1cc(C)ccc1C. The number of aromatic nitrogens is 4. The normalized spacial score (nSPS) is 12.8. The highest BCUT2D eigenvalue weighted by Gasteiger charge is 2.23. The van der Waals surface area contributed by atoms with Crippen LogP contribution in [0.5, 0.6) is 0 Å². The summed E-state index contributed by atoms with van der Waals surface area (Å²) in [7, 11) is 0. The van der Waals surface area contributed by atoms with Crippen LogP contribution in [0.15, 0.2) is 35.6 Å². The highest BCUT2D eigenvalue weighted by Crippen LogP contribution is 2.32. The summed E-state index contributed by atoms with van der Waals surface area (Å²) in [6.07, 6.45) is 2.39. The Morgan fingerprint density at radius 2 is 1.97 bits per heavy atom. The Morgan fingerprint density at radius 1 is 1.23 bits per heavy atom. The van der Waals surface area contributed by atoms with Crippen molar-refractivity contribution in [2.75, 3.05) is 18.2 Å². The van der Waals surface area contributed by atoms with Gasteiger partial charge in [0.1, 0.15) is 11.6 Å². The van der Waals surface area contributed by atoms with Gasteiger partial charge >= 0.3 is 0 Å². The molecule has 0 saturated carbocycles. The first-order valence-electron chi connectivity index (χ1n) is 10.3. The molecule has 2 aromatic heterocycles. The Balaban J connectivity index is 2.15. The van der Waals surface area contributed by atoms with E-state index in [1.54, 1.807) is 6.20 Å². The van der Waals surface area contributed by atoms with Crippen molar-refractivity contribution in [3.63, 3.8) is 0 Å². The molecular formula is C23H31N5O2S. The Labute approximate surface area is 188 Å². The van der Waals surface area contributed by atoms with Gasteiger partial charge in [-0.3, -0.25) is 0 Å². The minimum Gasteiger partial charge on any atom is -0.364 e. The second kappa shape index (κ2) is 9.38. The Bertz CT molecular complexity index is 1060. The van der Waals surface area contributed by atoms with E-state index in [1.165, 1.54) is 11.8 Å².